The van der Waals surface area contributed by atoms with Crippen molar-refractivity contribution in [2.24, 2.45) is 0 Å². The molecular formula is C16H15ClFNO2S. The fraction of sp³-hybridized carbons (Fsp3) is 0.188. The van der Waals surface area contributed by atoms with E-state index in [9.17, 15) is 9.18 Å². The van der Waals surface area contributed by atoms with E-state index in [0.717, 1.165) is 10.5 Å². The number of anilines is 1. The molecule has 0 saturated heterocycles. The van der Waals surface area contributed by atoms with Gasteiger partial charge in [0.15, 0.2) is 0 Å². The minimum atomic E-state index is -0.296. The second-order valence-electron chi connectivity index (χ2n) is 4.59. The average Bonchev–Trinajstić information content (AvgIpc) is 2.50. The van der Waals surface area contributed by atoms with Gasteiger partial charge >= 0.3 is 0 Å². The van der Waals surface area contributed by atoms with E-state index in [1.807, 2.05) is 6.92 Å². The number of amides is 1. The number of hydrogen-bond donors (Lipinski definition) is 1. The highest BCUT2D eigenvalue weighted by molar-refractivity contribution is 8.00. The predicted molar refractivity (Wildman–Crippen MR) is 88.5 cm³/mol. The van der Waals surface area contributed by atoms with Crippen LogP contribution < -0.4 is 10.1 Å². The van der Waals surface area contributed by atoms with Crippen molar-refractivity contribution in [1.82, 2.24) is 0 Å². The number of ether oxygens (including phenoxy) is 1. The van der Waals surface area contributed by atoms with Crippen molar-refractivity contribution in [3.8, 4) is 5.75 Å². The van der Waals surface area contributed by atoms with Crippen molar-refractivity contribution in [2.75, 3.05) is 18.2 Å². The molecule has 0 aliphatic rings. The molecule has 0 aliphatic carbocycles. The van der Waals surface area contributed by atoms with Gasteiger partial charge in [0, 0.05) is 16.0 Å². The Balaban J connectivity index is 2.00. The summed E-state index contributed by atoms with van der Waals surface area (Å²) < 4.78 is 18.0. The molecule has 0 aliphatic heterocycles. The molecule has 0 fully saturated rings. The van der Waals surface area contributed by atoms with Crippen LogP contribution in [-0.2, 0) is 4.79 Å². The second-order valence-corrected chi connectivity index (χ2v) is 6.05. The lowest BCUT2D eigenvalue weighted by molar-refractivity contribution is -0.113. The van der Waals surface area contributed by atoms with Crippen molar-refractivity contribution in [3.05, 3.63) is 52.8 Å². The second kappa shape index (κ2) is 7.51. The summed E-state index contributed by atoms with van der Waals surface area (Å²) in [5.41, 5.74) is 1.43. The van der Waals surface area contributed by atoms with Crippen molar-refractivity contribution in [3.63, 3.8) is 0 Å². The molecule has 0 aromatic heterocycles. The number of aryl methyl sites for hydroxylation is 1. The molecule has 0 atom stereocenters. The lowest BCUT2D eigenvalue weighted by Crippen LogP contribution is -2.14. The van der Waals surface area contributed by atoms with E-state index in [0.29, 0.717) is 16.5 Å². The molecule has 6 heteroatoms. The van der Waals surface area contributed by atoms with E-state index in [1.165, 1.54) is 31.0 Å². The molecule has 0 heterocycles. The molecule has 0 unspecified atom stereocenters. The van der Waals surface area contributed by atoms with E-state index >= 15 is 0 Å². The van der Waals surface area contributed by atoms with Gasteiger partial charge in [-0.1, -0.05) is 11.6 Å². The number of carbonyl (C=O) groups is 1. The Hall–Kier alpha value is -1.72. The lowest BCUT2D eigenvalue weighted by atomic mass is 10.2. The molecule has 0 spiro atoms. The Morgan fingerprint density at radius 2 is 2.00 bits per heavy atom. The normalized spacial score (nSPS) is 10.4. The molecule has 1 N–H and O–H groups in total. The number of thioether (sulfide) groups is 1. The van der Waals surface area contributed by atoms with Gasteiger partial charge < -0.3 is 10.1 Å². The summed E-state index contributed by atoms with van der Waals surface area (Å²) in [4.78, 5) is 12.9. The maximum absolute atomic E-state index is 12.8. The Labute approximate surface area is 137 Å². The largest absolute Gasteiger partial charge is 0.495 e. The number of hydrogen-bond acceptors (Lipinski definition) is 3. The first kappa shape index (κ1) is 16.6. The van der Waals surface area contributed by atoms with Crippen LogP contribution in [0.5, 0.6) is 5.75 Å². The maximum Gasteiger partial charge on any atom is 0.234 e. The molecule has 2 rings (SSSR count). The minimum Gasteiger partial charge on any atom is -0.495 e. The van der Waals surface area contributed by atoms with E-state index < -0.39 is 0 Å². The van der Waals surface area contributed by atoms with Crippen molar-refractivity contribution >= 4 is 35.0 Å². The molecule has 1 amide bonds. The van der Waals surface area contributed by atoms with Crippen LogP contribution in [0, 0.1) is 12.7 Å². The number of rotatable bonds is 5. The van der Waals surface area contributed by atoms with E-state index in [-0.39, 0.29) is 17.5 Å². The molecule has 116 valence electrons. The van der Waals surface area contributed by atoms with Gasteiger partial charge in [-0.15, -0.1) is 11.8 Å². The zero-order chi connectivity index (χ0) is 16.1. The van der Waals surface area contributed by atoms with Gasteiger partial charge in [-0.2, -0.15) is 0 Å². The van der Waals surface area contributed by atoms with Gasteiger partial charge in [-0.25, -0.2) is 4.39 Å². The molecule has 3 nitrogen and oxygen atoms in total. The SMILES string of the molecule is COc1cc(Cl)c(C)cc1NC(=O)CSc1ccc(F)cc1. The third kappa shape index (κ3) is 4.39. The monoisotopic (exact) mass is 339 g/mol. The first-order valence-electron chi connectivity index (χ1n) is 6.52. The van der Waals surface area contributed by atoms with Crippen LogP contribution >= 0.6 is 23.4 Å². The highest BCUT2D eigenvalue weighted by Crippen LogP contribution is 2.31. The molecule has 0 saturated carbocycles. The Kier molecular flexibility index (Phi) is 5.69. The predicted octanol–water partition coefficient (Wildman–Crippen LogP) is 4.53. The third-order valence-electron chi connectivity index (χ3n) is 2.94. The van der Waals surface area contributed by atoms with Gasteiger partial charge in [0.2, 0.25) is 5.91 Å². The molecule has 22 heavy (non-hydrogen) atoms. The van der Waals surface area contributed by atoms with Gasteiger partial charge in [-0.05, 0) is 42.8 Å². The highest BCUT2D eigenvalue weighted by atomic mass is 35.5. The first-order chi connectivity index (χ1) is 10.5. The summed E-state index contributed by atoms with van der Waals surface area (Å²) in [7, 11) is 1.52. The van der Waals surface area contributed by atoms with Crippen LogP contribution in [0.3, 0.4) is 0 Å². The topological polar surface area (TPSA) is 38.3 Å². The molecule has 2 aromatic carbocycles. The van der Waals surface area contributed by atoms with Crippen molar-refractivity contribution < 1.29 is 13.9 Å². The highest BCUT2D eigenvalue weighted by Gasteiger charge is 2.10. The van der Waals surface area contributed by atoms with Crippen LogP contribution in [0.15, 0.2) is 41.3 Å². The molecule has 0 radical (unpaired) electrons. The zero-order valence-corrected chi connectivity index (χ0v) is 13.7. The van der Waals surface area contributed by atoms with Crippen LogP contribution in [0.25, 0.3) is 0 Å². The summed E-state index contributed by atoms with van der Waals surface area (Å²) in [6.07, 6.45) is 0. The maximum atomic E-state index is 12.8. The van der Waals surface area contributed by atoms with Crippen LogP contribution in [0.4, 0.5) is 10.1 Å². The number of nitrogens with one attached hydrogen (secondary N) is 1. The van der Waals surface area contributed by atoms with Crippen LogP contribution in [0.1, 0.15) is 5.56 Å². The van der Waals surface area contributed by atoms with Gasteiger partial charge in [-0.3, -0.25) is 4.79 Å². The lowest BCUT2D eigenvalue weighted by Gasteiger charge is -2.12. The quantitative estimate of drug-likeness (QED) is 0.813. The number of benzene rings is 2. The summed E-state index contributed by atoms with van der Waals surface area (Å²) in [5, 5.41) is 3.37. The number of carbonyl (C=O) groups excluding carboxylic acids is 1. The minimum absolute atomic E-state index is 0.172. The average molecular weight is 340 g/mol. The Morgan fingerprint density at radius 3 is 2.64 bits per heavy atom. The fourth-order valence-electron chi connectivity index (χ4n) is 1.80. The smallest absolute Gasteiger partial charge is 0.234 e. The van der Waals surface area contributed by atoms with E-state index in [2.05, 4.69) is 5.32 Å². The Bertz CT molecular complexity index is 677. The summed E-state index contributed by atoms with van der Waals surface area (Å²) in [6.45, 7) is 1.85. The first-order valence-corrected chi connectivity index (χ1v) is 7.88. The van der Waals surface area contributed by atoms with Crippen molar-refractivity contribution in [2.45, 2.75) is 11.8 Å². The van der Waals surface area contributed by atoms with Gasteiger partial charge in [0.25, 0.3) is 0 Å². The van der Waals surface area contributed by atoms with Crippen LogP contribution in [-0.4, -0.2) is 18.8 Å². The fourth-order valence-corrected chi connectivity index (χ4v) is 2.65. The third-order valence-corrected chi connectivity index (χ3v) is 4.36. The molecule has 0 bridgehead atoms. The van der Waals surface area contributed by atoms with E-state index in [4.69, 9.17) is 16.3 Å². The van der Waals surface area contributed by atoms with E-state index in [1.54, 1.807) is 24.3 Å². The van der Waals surface area contributed by atoms with Gasteiger partial charge in [0.1, 0.15) is 11.6 Å². The standard InChI is InChI=1S/C16H15ClFNO2S/c1-10-7-14(15(21-2)8-13(10)17)19-16(20)9-22-12-5-3-11(18)4-6-12/h3-8H,9H2,1-2H3,(H,19,20). The van der Waals surface area contributed by atoms with Crippen molar-refractivity contribution in [1.29, 1.82) is 0 Å². The Morgan fingerprint density at radius 1 is 1.32 bits per heavy atom. The summed E-state index contributed by atoms with van der Waals surface area (Å²) in [5.74, 6) is 0.261. The molecule has 2 aromatic rings. The zero-order valence-electron chi connectivity index (χ0n) is 12.2. The number of halogens is 2. The summed E-state index contributed by atoms with van der Waals surface area (Å²) >= 11 is 7.36. The van der Waals surface area contributed by atoms with Gasteiger partial charge in [0.05, 0.1) is 18.6 Å². The van der Waals surface area contributed by atoms with Crippen LogP contribution in [0.2, 0.25) is 5.02 Å². The molecular weight excluding hydrogens is 325 g/mol. The summed E-state index contributed by atoms with van der Waals surface area (Å²) in [6, 6.07) is 9.44. The number of methoxy groups -OCH3 is 1.